The Balaban J connectivity index is 3.20. The summed E-state index contributed by atoms with van der Waals surface area (Å²) in [5, 5.41) is 0. The number of esters is 1. The van der Waals surface area contributed by atoms with Gasteiger partial charge in [0, 0.05) is 0 Å². The first-order chi connectivity index (χ1) is 9.04. The number of aryl methyl sites for hydroxylation is 1. The molecule has 1 rings (SSSR count). The smallest absolute Gasteiger partial charge is 0.379 e. The molecule has 0 amide bonds. The average molecular weight is 266 g/mol. The Bertz CT molecular complexity index is 479. The Kier molecular flexibility index (Phi) is 5.36. The van der Waals surface area contributed by atoms with Gasteiger partial charge in [0.25, 0.3) is 5.78 Å². The molecule has 0 spiro atoms. The first kappa shape index (κ1) is 15.0. The van der Waals surface area contributed by atoms with Crippen LogP contribution in [0, 0.1) is 6.92 Å². The van der Waals surface area contributed by atoms with Crippen molar-refractivity contribution in [1.29, 1.82) is 0 Å². The summed E-state index contributed by atoms with van der Waals surface area (Å²) in [6.07, 6.45) is 0. The van der Waals surface area contributed by atoms with Crippen molar-refractivity contribution in [3.63, 3.8) is 0 Å². The van der Waals surface area contributed by atoms with Crippen LogP contribution in [-0.4, -0.2) is 32.1 Å². The minimum Gasteiger partial charge on any atom is -0.496 e. The molecule has 104 valence electrons. The highest BCUT2D eigenvalue weighted by Gasteiger charge is 2.23. The maximum absolute atomic E-state index is 12.0. The summed E-state index contributed by atoms with van der Waals surface area (Å²) in [6.45, 7) is 5.95. The van der Waals surface area contributed by atoms with Crippen molar-refractivity contribution in [3.05, 3.63) is 23.3 Å². The Morgan fingerprint density at radius 1 is 1.11 bits per heavy atom. The molecule has 19 heavy (non-hydrogen) atoms. The molecule has 0 heterocycles. The van der Waals surface area contributed by atoms with Gasteiger partial charge in [-0.15, -0.1) is 0 Å². The van der Waals surface area contributed by atoms with Crippen molar-refractivity contribution in [2.75, 3.05) is 20.3 Å². The van der Waals surface area contributed by atoms with E-state index in [9.17, 15) is 9.59 Å². The first-order valence-electron chi connectivity index (χ1n) is 6.08. The number of carbonyl (C=O) groups excluding carboxylic acids is 2. The second-order valence-corrected chi connectivity index (χ2v) is 3.80. The van der Waals surface area contributed by atoms with Crippen LogP contribution in [0.5, 0.6) is 11.5 Å². The topological polar surface area (TPSA) is 61.8 Å². The zero-order chi connectivity index (χ0) is 14.4. The van der Waals surface area contributed by atoms with E-state index in [1.165, 1.54) is 13.2 Å². The van der Waals surface area contributed by atoms with E-state index < -0.39 is 11.8 Å². The summed E-state index contributed by atoms with van der Waals surface area (Å²) < 4.78 is 15.2. The van der Waals surface area contributed by atoms with Crippen LogP contribution in [-0.2, 0) is 9.53 Å². The molecule has 5 heteroatoms. The molecule has 0 saturated carbocycles. The number of methoxy groups -OCH3 is 1. The van der Waals surface area contributed by atoms with Gasteiger partial charge in [0.15, 0.2) is 0 Å². The minimum atomic E-state index is -0.896. The molecule has 0 aliphatic carbocycles. The maximum atomic E-state index is 12.0. The monoisotopic (exact) mass is 266 g/mol. The molecule has 0 N–H and O–H groups in total. The Morgan fingerprint density at radius 3 is 2.32 bits per heavy atom. The predicted molar refractivity (Wildman–Crippen MR) is 69.9 cm³/mol. The van der Waals surface area contributed by atoms with Crippen molar-refractivity contribution in [2.24, 2.45) is 0 Å². The van der Waals surface area contributed by atoms with Crippen LogP contribution in [0.15, 0.2) is 12.1 Å². The van der Waals surface area contributed by atoms with Gasteiger partial charge < -0.3 is 14.2 Å². The fraction of sp³-hybridized carbons (Fsp3) is 0.429. The number of rotatable bonds is 6. The van der Waals surface area contributed by atoms with Gasteiger partial charge in [0.2, 0.25) is 0 Å². The molecule has 0 fully saturated rings. The third kappa shape index (κ3) is 3.47. The Hall–Kier alpha value is -2.04. The van der Waals surface area contributed by atoms with Crippen LogP contribution in [0.4, 0.5) is 0 Å². The lowest BCUT2D eigenvalue weighted by Crippen LogP contribution is -2.18. The van der Waals surface area contributed by atoms with Crippen molar-refractivity contribution >= 4 is 11.8 Å². The number of carbonyl (C=O) groups is 2. The van der Waals surface area contributed by atoms with Gasteiger partial charge in [-0.25, -0.2) is 4.79 Å². The molecule has 1 aromatic carbocycles. The average Bonchev–Trinajstić information content (AvgIpc) is 2.40. The van der Waals surface area contributed by atoms with Crippen LogP contribution in [0.25, 0.3) is 0 Å². The van der Waals surface area contributed by atoms with Gasteiger partial charge >= 0.3 is 5.97 Å². The van der Waals surface area contributed by atoms with Crippen LogP contribution in [0.1, 0.15) is 29.8 Å². The molecular formula is C14H18O5. The zero-order valence-corrected chi connectivity index (χ0v) is 11.6. The quantitative estimate of drug-likeness (QED) is 0.448. The molecular weight excluding hydrogens is 248 g/mol. The second kappa shape index (κ2) is 6.78. The first-order valence-corrected chi connectivity index (χ1v) is 6.08. The summed E-state index contributed by atoms with van der Waals surface area (Å²) >= 11 is 0. The number of benzene rings is 1. The highest BCUT2D eigenvalue weighted by atomic mass is 16.5. The van der Waals surface area contributed by atoms with Gasteiger partial charge in [-0.05, 0) is 38.5 Å². The molecule has 0 aliphatic rings. The van der Waals surface area contributed by atoms with Crippen molar-refractivity contribution in [3.8, 4) is 11.5 Å². The number of hydrogen-bond donors (Lipinski definition) is 0. The Morgan fingerprint density at radius 2 is 1.79 bits per heavy atom. The predicted octanol–water partition coefficient (Wildman–Crippen LogP) is 2.15. The van der Waals surface area contributed by atoms with E-state index in [-0.39, 0.29) is 12.2 Å². The molecule has 5 nitrogen and oxygen atoms in total. The normalized spacial score (nSPS) is 9.89. The Labute approximate surface area is 112 Å². The lowest BCUT2D eigenvalue weighted by atomic mass is 10.1. The minimum absolute atomic E-state index is 0.148. The molecule has 0 saturated heterocycles. The SMILES string of the molecule is CCOC(=O)C(=O)c1cc(OCC)c(C)cc1OC. The van der Waals surface area contributed by atoms with E-state index in [4.69, 9.17) is 14.2 Å². The van der Waals surface area contributed by atoms with Crippen LogP contribution < -0.4 is 9.47 Å². The third-order valence-corrected chi connectivity index (χ3v) is 2.50. The van der Waals surface area contributed by atoms with Crippen molar-refractivity contribution in [1.82, 2.24) is 0 Å². The van der Waals surface area contributed by atoms with Crippen LogP contribution in [0.3, 0.4) is 0 Å². The van der Waals surface area contributed by atoms with Gasteiger partial charge in [-0.3, -0.25) is 4.79 Å². The van der Waals surface area contributed by atoms with E-state index in [0.717, 1.165) is 5.56 Å². The summed E-state index contributed by atoms with van der Waals surface area (Å²) in [5.74, 6) is -0.748. The number of ketones is 1. The van der Waals surface area contributed by atoms with Gasteiger partial charge in [0.05, 0.1) is 25.9 Å². The van der Waals surface area contributed by atoms with E-state index >= 15 is 0 Å². The number of Topliss-reactive ketones (excluding diaryl/α,β-unsaturated/α-hetero) is 1. The highest BCUT2D eigenvalue weighted by Crippen LogP contribution is 2.29. The standard InChI is InChI=1S/C14H18O5/c1-5-18-11-8-10(12(17-4)7-9(11)3)13(15)14(16)19-6-2/h7-8H,5-6H2,1-4H3. The summed E-state index contributed by atoms with van der Waals surface area (Å²) in [4.78, 5) is 23.5. The summed E-state index contributed by atoms with van der Waals surface area (Å²) in [7, 11) is 1.44. The lowest BCUT2D eigenvalue weighted by molar-refractivity contribution is -0.137. The van der Waals surface area contributed by atoms with E-state index in [1.54, 1.807) is 13.0 Å². The van der Waals surface area contributed by atoms with Crippen LogP contribution >= 0.6 is 0 Å². The van der Waals surface area contributed by atoms with E-state index in [0.29, 0.717) is 18.1 Å². The highest BCUT2D eigenvalue weighted by molar-refractivity contribution is 6.41. The van der Waals surface area contributed by atoms with Crippen molar-refractivity contribution in [2.45, 2.75) is 20.8 Å². The zero-order valence-electron chi connectivity index (χ0n) is 11.6. The molecule has 1 aromatic rings. The van der Waals surface area contributed by atoms with Crippen LogP contribution in [0.2, 0.25) is 0 Å². The third-order valence-electron chi connectivity index (χ3n) is 2.50. The van der Waals surface area contributed by atoms with Gasteiger partial charge in [-0.1, -0.05) is 0 Å². The fourth-order valence-electron chi connectivity index (χ4n) is 1.63. The second-order valence-electron chi connectivity index (χ2n) is 3.80. The van der Waals surface area contributed by atoms with Crippen molar-refractivity contribution < 1.29 is 23.8 Å². The molecule has 0 radical (unpaired) electrons. The molecule has 0 aliphatic heterocycles. The van der Waals surface area contributed by atoms with Gasteiger partial charge in [0.1, 0.15) is 11.5 Å². The molecule has 0 unspecified atom stereocenters. The van der Waals surface area contributed by atoms with Gasteiger partial charge in [-0.2, -0.15) is 0 Å². The molecule has 0 atom stereocenters. The van der Waals surface area contributed by atoms with E-state index in [1.807, 2.05) is 13.8 Å². The number of ether oxygens (including phenoxy) is 3. The maximum Gasteiger partial charge on any atom is 0.379 e. The lowest BCUT2D eigenvalue weighted by Gasteiger charge is -2.12. The fourth-order valence-corrected chi connectivity index (χ4v) is 1.63. The molecule has 0 aromatic heterocycles. The number of hydrogen-bond acceptors (Lipinski definition) is 5. The molecule has 0 bridgehead atoms. The van der Waals surface area contributed by atoms with E-state index in [2.05, 4.69) is 0 Å². The summed E-state index contributed by atoms with van der Waals surface area (Å²) in [5.41, 5.74) is 0.981. The summed E-state index contributed by atoms with van der Waals surface area (Å²) in [6, 6.07) is 3.17. The largest absolute Gasteiger partial charge is 0.496 e.